The fourth-order valence-electron chi connectivity index (χ4n) is 1.86. The zero-order valence-corrected chi connectivity index (χ0v) is 10.6. The Balaban J connectivity index is 1.75. The molecule has 2 heterocycles. The Labute approximate surface area is 115 Å². The molecule has 0 atom stereocenters. The van der Waals surface area contributed by atoms with Gasteiger partial charge in [0.05, 0.1) is 12.5 Å². The molecule has 98 valence electrons. The Morgan fingerprint density at radius 3 is 2.50 bits per heavy atom. The summed E-state index contributed by atoms with van der Waals surface area (Å²) in [7, 11) is 0. The van der Waals surface area contributed by atoms with Gasteiger partial charge in [0.2, 0.25) is 0 Å². The van der Waals surface area contributed by atoms with E-state index in [9.17, 15) is 4.79 Å². The molecule has 0 saturated carbocycles. The Morgan fingerprint density at radius 1 is 1.00 bits per heavy atom. The fourth-order valence-corrected chi connectivity index (χ4v) is 1.86. The van der Waals surface area contributed by atoms with Crippen LogP contribution < -0.4 is 5.32 Å². The first kappa shape index (κ1) is 12.1. The smallest absolute Gasteiger partial charge is 0.273 e. The fraction of sp³-hybridized carbons (Fsp3) is 0. The van der Waals surface area contributed by atoms with Gasteiger partial charge in [-0.1, -0.05) is 18.2 Å². The molecule has 5 heteroatoms. The van der Waals surface area contributed by atoms with Gasteiger partial charge >= 0.3 is 0 Å². The van der Waals surface area contributed by atoms with Crippen molar-refractivity contribution in [3.05, 3.63) is 67.0 Å². The number of benzene rings is 1. The lowest BCUT2D eigenvalue weighted by atomic mass is 10.1. The molecule has 5 nitrogen and oxygen atoms in total. The largest absolute Gasteiger partial charge is 0.341 e. The molecule has 1 amide bonds. The third-order valence-corrected chi connectivity index (χ3v) is 2.88. The molecule has 20 heavy (non-hydrogen) atoms. The lowest BCUT2D eigenvalue weighted by Crippen LogP contribution is -2.11. The van der Waals surface area contributed by atoms with Crippen LogP contribution in [0.25, 0.3) is 11.1 Å². The maximum absolute atomic E-state index is 11.8. The summed E-state index contributed by atoms with van der Waals surface area (Å²) in [6.45, 7) is 0. The number of H-pyrrole nitrogens is 1. The highest BCUT2D eigenvalue weighted by Crippen LogP contribution is 2.20. The second-order valence-corrected chi connectivity index (χ2v) is 4.24. The molecular weight excluding hydrogens is 252 g/mol. The third kappa shape index (κ3) is 2.56. The number of nitrogens with one attached hydrogen (secondary N) is 2. The first-order valence-corrected chi connectivity index (χ1v) is 6.13. The van der Waals surface area contributed by atoms with Crippen molar-refractivity contribution >= 4 is 11.6 Å². The number of anilines is 1. The first-order chi connectivity index (χ1) is 9.83. The van der Waals surface area contributed by atoms with E-state index in [1.54, 1.807) is 12.4 Å². The van der Waals surface area contributed by atoms with Crippen molar-refractivity contribution < 1.29 is 4.79 Å². The standard InChI is InChI=1S/C15H12N4O/c20-15(14-9-17-10-18-14)19-13-5-3-11(4-6-13)12-2-1-7-16-8-12/h1-10H,(H,17,18)(H,19,20). The molecule has 0 bridgehead atoms. The number of amides is 1. The molecule has 3 aromatic rings. The summed E-state index contributed by atoms with van der Waals surface area (Å²) < 4.78 is 0. The van der Waals surface area contributed by atoms with Crippen LogP contribution in [0.5, 0.6) is 0 Å². The Morgan fingerprint density at radius 2 is 1.85 bits per heavy atom. The Kier molecular flexibility index (Phi) is 3.24. The number of carbonyl (C=O) groups excluding carboxylic acids is 1. The summed E-state index contributed by atoms with van der Waals surface area (Å²) in [5.41, 5.74) is 3.26. The number of hydrogen-bond acceptors (Lipinski definition) is 3. The van der Waals surface area contributed by atoms with Crippen molar-refractivity contribution in [2.75, 3.05) is 5.32 Å². The molecule has 0 spiro atoms. The number of carbonyl (C=O) groups is 1. The average molecular weight is 264 g/mol. The van der Waals surface area contributed by atoms with Crippen LogP contribution in [0, 0.1) is 0 Å². The van der Waals surface area contributed by atoms with Crippen LogP contribution in [0.2, 0.25) is 0 Å². The number of hydrogen-bond donors (Lipinski definition) is 2. The van der Waals surface area contributed by atoms with E-state index < -0.39 is 0 Å². The van der Waals surface area contributed by atoms with Crippen LogP contribution in [0.4, 0.5) is 5.69 Å². The van der Waals surface area contributed by atoms with Crippen LogP contribution in [0.1, 0.15) is 10.5 Å². The molecule has 3 rings (SSSR count). The average Bonchev–Trinajstić information content (AvgIpc) is 3.03. The van der Waals surface area contributed by atoms with Gasteiger partial charge in [0.15, 0.2) is 0 Å². The minimum atomic E-state index is -0.211. The van der Waals surface area contributed by atoms with Gasteiger partial charge in [-0.3, -0.25) is 9.78 Å². The molecule has 0 unspecified atom stereocenters. The van der Waals surface area contributed by atoms with Gasteiger partial charge < -0.3 is 10.3 Å². The van der Waals surface area contributed by atoms with Gasteiger partial charge in [-0.25, -0.2) is 4.98 Å². The molecule has 2 N–H and O–H groups in total. The first-order valence-electron chi connectivity index (χ1n) is 6.13. The topological polar surface area (TPSA) is 70.7 Å². The van der Waals surface area contributed by atoms with Gasteiger partial charge in [0.25, 0.3) is 5.91 Å². The van der Waals surface area contributed by atoms with E-state index in [0.29, 0.717) is 5.69 Å². The van der Waals surface area contributed by atoms with Crippen molar-refractivity contribution in [3.8, 4) is 11.1 Å². The van der Waals surface area contributed by atoms with E-state index in [1.807, 2.05) is 36.4 Å². The van der Waals surface area contributed by atoms with Crippen molar-refractivity contribution in [1.82, 2.24) is 15.0 Å². The van der Waals surface area contributed by atoms with Crippen molar-refractivity contribution in [2.45, 2.75) is 0 Å². The Bertz CT molecular complexity index is 691. The van der Waals surface area contributed by atoms with Crippen molar-refractivity contribution in [3.63, 3.8) is 0 Å². The maximum Gasteiger partial charge on any atom is 0.273 e. The molecule has 0 saturated heterocycles. The van der Waals surface area contributed by atoms with Gasteiger partial charge in [0, 0.05) is 18.1 Å². The van der Waals surface area contributed by atoms with Crippen LogP contribution in [0.15, 0.2) is 61.3 Å². The second kappa shape index (κ2) is 5.36. The molecular formula is C15H12N4O. The van der Waals surface area contributed by atoms with Crippen molar-refractivity contribution in [2.24, 2.45) is 0 Å². The lowest BCUT2D eigenvalue weighted by molar-refractivity contribution is 0.102. The highest BCUT2D eigenvalue weighted by Gasteiger charge is 2.07. The third-order valence-electron chi connectivity index (χ3n) is 2.88. The van der Waals surface area contributed by atoms with Crippen LogP contribution >= 0.6 is 0 Å². The maximum atomic E-state index is 11.8. The van der Waals surface area contributed by atoms with E-state index in [0.717, 1.165) is 16.8 Å². The molecule has 0 radical (unpaired) electrons. The van der Waals surface area contributed by atoms with E-state index in [4.69, 9.17) is 0 Å². The number of nitrogens with zero attached hydrogens (tertiary/aromatic N) is 2. The minimum absolute atomic E-state index is 0.211. The predicted molar refractivity (Wildman–Crippen MR) is 76.2 cm³/mol. The number of aromatic amines is 1. The van der Waals surface area contributed by atoms with E-state index in [1.165, 1.54) is 12.5 Å². The highest BCUT2D eigenvalue weighted by atomic mass is 16.1. The minimum Gasteiger partial charge on any atom is -0.341 e. The van der Waals surface area contributed by atoms with Crippen LogP contribution in [-0.4, -0.2) is 20.9 Å². The zero-order valence-electron chi connectivity index (χ0n) is 10.6. The summed E-state index contributed by atoms with van der Waals surface area (Å²) in [5.74, 6) is -0.211. The number of pyridine rings is 1. The second-order valence-electron chi connectivity index (χ2n) is 4.24. The van der Waals surface area contributed by atoms with Gasteiger partial charge in [0.1, 0.15) is 5.69 Å². The quantitative estimate of drug-likeness (QED) is 0.764. The lowest BCUT2D eigenvalue weighted by Gasteiger charge is -2.05. The summed E-state index contributed by atoms with van der Waals surface area (Å²) in [4.78, 5) is 22.5. The summed E-state index contributed by atoms with van der Waals surface area (Å²) in [5, 5.41) is 2.80. The van der Waals surface area contributed by atoms with Gasteiger partial charge in [-0.05, 0) is 29.3 Å². The Hall–Kier alpha value is -2.95. The molecule has 1 aromatic carbocycles. The normalized spacial score (nSPS) is 10.2. The molecule has 2 aromatic heterocycles. The van der Waals surface area contributed by atoms with Crippen LogP contribution in [-0.2, 0) is 0 Å². The number of aromatic nitrogens is 3. The summed E-state index contributed by atoms with van der Waals surface area (Å²) >= 11 is 0. The molecule has 0 aliphatic heterocycles. The van der Waals surface area contributed by atoms with Crippen LogP contribution in [0.3, 0.4) is 0 Å². The molecule has 0 fully saturated rings. The summed E-state index contributed by atoms with van der Waals surface area (Å²) in [6, 6.07) is 11.5. The van der Waals surface area contributed by atoms with E-state index in [-0.39, 0.29) is 5.91 Å². The summed E-state index contributed by atoms with van der Waals surface area (Å²) in [6.07, 6.45) is 6.50. The van der Waals surface area contributed by atoms with Gasteiger partial charge in [-0.2, -0.15) is 0 Å². The number of imidazole rings is 1. The molecule has 0 aliphatic rings. The number of rotatable bonds is 3. The zero-order chi connectivity index (χ0) is 13.8. The van der Waals surface area contributed by atoms with E-state index in [2.05, 4.69) is 20.3 Å². The SMILES string of the molecule is O=C(Nc1ccc(-c2cccnc2)cc1)c1cnc[nH]1. The van der Waals surface area contributed by atoms with Gasteiger partial charge in [-0.15, -0.1) is 0 Å². The highest BCUT2D eigenvalue weighted by molar-refractivity contribution is 6.02. The van der Waals surface area contributed by atoms with Crippen molar-refractivity contribution in [1.29, 1.82) is 0 Å². The molecule has 0 aliphatic carbocycles. The monoisotopic (exact) mass is 264 g/mol. The predicted octanol–water partition coefficient (Wildman–Crippen LogP) is 2.72. The van der Waals surface area contributed by atoms with E-state index >= 15 is 0 Å².